The lowest BCUT2D eigenvalue weighted by molar-refractivity contribution is 0.229. The molecule has 0 radical (unpaired) electrons. The predicted molar refractivity (Wildman–Crippen MR) is 69.9 cm³/mol. The molecule has 3 rings (SSSR count). The Bertz CT molecular complexity index is 371. The van der Waals surface area contributed by atoms with Gasteiger partial charge in [-0.25, -0.2) is 0 Å². The molecule has 17 heavy (non-hydrogen) atoms. The SMILES string of the molecule is c1ccc2c(c1)CNC2CCN1CCNCC1. The van der Waals surface area contributed by atoms with Crippen LogP contribution in [-0.4, -0.2) is 37.6 Å². The van der Waals surface area contributed by atoms with Gasteiger partial charge in [-0.05, 0) is 17.5 Å². The second-order valence-electron chi connectivity index (χ2n) is 5.01. The molecular weight excluding hydrogens is 210 g/mol. The number of fused-ring (bicyclic) bond motifs is 1. The molecule has 92 valence electrons. The Labute approximate surface area is 103 Å². The fraction of sp³-hybridized carbons (Fsp3) is 0.571. The van der Waals surface area contributed by atoms with E-state index >= 15 is 0 Å². The van der Waals surface area contributed by atoms with E-state index in [0.717, 1.165) is 19.6 Å². The Morgan fingerprint density at radius 1 is 1.18 bits per heavy atom. The summed E-state index contributed by atoms with van der Waals surface area (Å²) in [6.07, 6.45) is 1.23. The molecule has 2 aliphatic rings. The molecule has 1 aromatic rings. The number of rotatable bonds is 3. The zero-order valence-electron chi connectivity index (χ0n) is 10.3. The van der Waals surface area contributed by atoms with Crippen LogP contribution >= 0.6 is 0 Å². The molecule has 2 heterocycles. The van der Waals surface area contributed by atoms with E-state index in [4.69, 9.17) is 0 Å². The lowest BCUT2D eigenvalue weighted by atomic mass is 10.0. The molecular formula is C14H21N3. The predicted octanol–water partition coefficient (Wildman–Crippen LogP) is 1.13. The van der Waals surface area contributed by atoms with E-state index < -0.39 is 0 Å². The van der Waals surface area contributed by atoms with Crippen molar-refractivity contribution in [2.45, 2.75) is 19.0 Å². The molecule has 0 aliphatic carbocycles. The topological polar surface area (TPSA) is 27.3 Å². The van der Waals surface area contributed by atoms with Crippen LogP contribution in [0.1, 0.15) is 23.6 Å². The van der Waals surface area contributed by atoms with E-state index in [1.807, 2.05) is 0 Å². The van der Waals surface area contributed by atoms with E-state index in [0.29, 0.717) is 6.04 Å². The van der Waals surface area contributed by atoms with Gasteiger partial charge in [-0.3, -0.25) is 0 Å². The maximum absolute atomic E-state index is 3.62. The van der Waals surface area contributed by atoms with Gasteiger partial charge in [-0.2, -0.15) is 0 Å². The van der Waals surface area contributed by atoms with Gasteiger partial charge in [0.1, 0.15) is 0 Å². The summed E-state index contributed by atoms with van der Waals surface area (Å²) in [5.74, 6) is 0. The van der Waals surface area contributed by atoms with E-state index in [-0.39, 0.29) is 0 Å². The number of benzene rings is 1. The second kappa shape index (κ2) is 5.17. The number of piperazine rings is 1. The molecule has 3 nitrogen and oxygen atoms in total. The van der Waals surface area contributed by atoms with Crippen molar-refractivity contribution in [3.05, 3.63) is 35.4 Å². The van der Waals surface area contributed by atoms with Crippen molar-refractivity contribution in [2.75, 3.05) is 32.7 Å². The average Bonchev–Trinajstić information content (AvgIpc) is 2.81. The first-order valence-corrected chi connectivity index (χ1v) is 6.68. The van der Waals surface area contributed by atoms with Crippen molar-refractivity contribution in [3.63, 3.8) is 0 Å². The zero-order chi connectivity index (χ0) is 11.5. The molecule has 0 bridgehead atoms. The lowest BCUT2D eigenvalue weighted by Crippen LogP contribution is -2.44. The van der Waals surface area contributed by atoms with Crippen molar-refractivity contribution in [2.24, 2.45) is 0 Å². The monoisotopic (exact) mass is 231 g/mol. The molecule has 1 atom stereocenters. The van der Waals surface area contributed by atoms with Gasteiger partial charge in [-0.1, -0.05) is 24.3 Å². The van der Waals surface area contributed by atoms with Crippen LogP contribution in [0.15, 0.2) is 24.3 Å². The third kappa shape index (κ3) is 2.51. The Kier molecular flexibility index (Phi) is 3.41. The first-order valence-electron chi connectivity index (χ1n) is 6.68. The second-order valence-corrected chi connectivity index (χ2v) is 5.01. The summed E-state index contributed by atoms with van der Waals surface area (Å²) >= 11 is 0. The van der Waals surface area contributed by atoms with Gasteiger partial charge >= 0.3 is 0 Å². The van der Waals surface area contributed by atoms with Gasteiger partial charge in [0.2, 0.25) is 0 Å². The van der Waals surface area contributed by atoms with Crippen LogP contribution in [0.2, 0.25) is 0 Å². The minimum atomic E-state index is 0.570. The molecule has 1 aromatic carbocycles. The molecule has 1 unspecified atom stereocenters. The highest BCUT2D eigenvalue weighted by Crippen LogP contribution is 2.27. The lowest BCUT2D eigenvalue weighted by Gasteiger charge is -2.28. The Balaban J connectivity index is 1.56. The Hall–Kier alpha value is -0.900. The van der Waals surface area contributed by atoms with Crippen molar-refractivity contribution >= 4 is 0 Å². The van der Waals surface area contributed by atoms with Gasteiger partial charge in [0.05, 0.1) is 0 Å². The van der Waals surface area contributed by atoms with Crippen molar-refractivity contribution in [3.8, 4) is 0 Å². The highest BCUT2D eigenvalue weighted by molar-refractivity contribution is 5.33. The fourth-order valence-electron chi connectivity index (χ4n) is 2.88. The first-order chi connectivity index (χ1) is 8.43. The summed E-state index contributed by atoms with van der Waals surface area (Å²) in [7, 11) is 0. The summed E-state index contributed by atoms with van der Waals surface area (Å²) in [4.78, 5) is 2.57. The molecule has 3 heteroatoms. The molecule has 2 aliphatic heterocycles. The summed E-state index contributed by atoms with van der Waals surface area (Å²) in [5.41, 5.74) is 3.00. The zero-order valence-corrected chi connectivity index (χ0v) is 10.3. The summed E-state index contributed by atoms with van der Waals surface area (Å²) in [6.45, 7) is 6.96. The maximum Gasteiger partial charge on any atom is 0.0338 e. The van der Waals surface area contributed by atoms with Crippen molar-refractivity contribution in [1.82, 2.24) is 15.5 Å². The summed E-state index contributed by atoms with van der Waals surface area (Å²) in [5, 5.41) is 7.02. The van der Waals surface area contributed by atoms with Gasteiger partial charge in [0.25, 0.3) is 0 Å². The van der Waals surface area contributed by atoms with Gasteiger partial charge in [-0.15, -0.1) is 0 Å². The van der Waals surface area contributed by atoms with Crippen LogP contribution in [0, 0.1) is 0 Å². The quantitative estimate of drug-likeness (QED) is 0.816. The van der Waals surface area contributed by atoms with E-state index in [2.05, 4.69) is 39.8 Å². The largest absolute Gasteiger partial charge is 0.314 e. The van der Waals surface area contributed by atoms with E-state index in [9.17, 15) is 0 Å². The normalized spacial score (nSPS) is 24.8. The standard InChI is InChI=1S/C14H21N3/c1-2-4-13-12(3-1)11-16-14(13)5-8-17-9-6-15-7-10-17/h1-4,14-16H,5-11H2. The molecule has 0 amide bonds. The number of nitrogens with one attached hydrogen (secondary N) is 2. The van der Waals surface area contributed by atoms with Crippen LogP contribution in [-0.2, 0) is 6.54 Å². The van der Waals surface area contributed by atoms with Crippen LogP contribution in [0.3, 0.4) is 0 Å². The van der Waals surface area contributed by atoms with Crippen LogP contribution in [0.4, 0.5) is 0 Å². The molecule has 1 saturated heterocycles. The maximum atomic E-state index is 3.62. The summed E-state index contributed by atoms with van der Waals surface area (Å²) < 4.78 is 0. The van der Waals surface area contributed by atoms with Crippen LogP contribution in [0.5, 0.6) is 0 Å². The smallest absolute Gasteiger partial charge is 0.0338 e. The minimum absolute atomic E-state index is 0.570. The average molecular weight is 231 g/mol. The number of hydrogen-bond donors (Lipinski definition) is 2. The molecule has 1 fully saturated rings. The summed E-state index contributed by atoms with van der Waals surface area (Å²) in [6, 6.07) is 9.38. The number of hydrogen-bond acceptors (Lipinski definition) is 3. The highest BCUT2D eigenvalue weighted by atomic mass is 15.2. The van der Waals surface area contributed by atoms with E-state index in [1.54, 1.807) is 0 Å². The molecule has 0 aromatic heterocycles. The van der Waals surface area contributed by atoms with Crippen molar-refractivity contribution < 1.29 is 0 Å². The van der Waals surface area contributed by atoms with E-state index in [1.165, 1.54) is 37.2 Å². The Morgan fingerprint density at radius 2 is 2.00 bits per heavy atom. The molecule has 0 saturated carbocycles. The number of nitrogens with zero attached hydrogens (tertiary/aromatic N) is 1. The third-order valence-electron chi connectivity index (χ3n) is 3.91. The highest BCUT2D eigenvalue weighted by Gasteiger charge is 2.21. The Morgan fingerprint density at radius 3 is 2.88 bits per heavy atom. The van der Waals surface area contributed by atoms with Crippen LogP contribution < -0.4 is 10.6 Å². The van der Waals surface area contributed by atoms with Gasteiger partial charge < -0.3 is 15.5 Å². The molecule has 2 N–H and O–H groups in total. The minimum Gasteiger partial charge on any atom is -0.314 e. The molecule has 0 spiro atoms. The first kappa shape index (κ1) is 11.2. The van der Waals surface area contributed by atoms with Crippen LogP contribution in [0.25, 0.3) is 0 Å². The van der Waals surface area contributed by atoms with Gasteiger partial charge in [0.15, 0.2) is 0 Å². The van der Waals surface area contributed by atoms with Crippen molar-refractivity contribution in [1.29, 1.82) is 0 Å². The van der Waals surface area contributed by atoms with Gasteiger partial charge in [0, 0.05) is 45.3 Å². The third-order valence-corrected chi connectivity index (χ3v) is 3.91. The fourth-order valence-corrected chi connectivity index (χ4v) is 2.88.